The number of anilines is 2. The molecule has 0 aliphatic rings. The predicted molar refractivity (Wildman–Crippen MR) is 82.9 cm³/mol. The molecular weight excluding hydrogens is 270 g/mol. The molecule has 2 aromatic rings. The summed E-state index contributed by atoms with van der Waals surface area (Å²) in [6.45, 7) is 0.568. The third-order valence-electron chi connectivity index (χ3n) is 3.15. The van der Waals surface area contributed by atoms with Gasteiger partial charge in [0.15, 0.2) is 0 Å². The number of para-hydroxylation sites is 1. The van der Waals surface area contributed by atoms with Gasteiger partial charge in [-0.05, 0) is 36.2 Å². The van der Waals surface area contributed by atoms with Crippen molar-refractivity contribution >= 4 is 17.1 Å². The molecule has 0 unspecified atom stereocenters. The van der Waals surface area contributed by atoms with Crippen molar-refractivity contribution in [1.29, 1.82) is 0 Å². The summed E-state index contributed by atoms with van der Waals surface area (Å²) in [5.74, 6) is 0.226. The number of hydrogen-bond donors (Lipinski definition) is 3. The third-order valence-corrected chi connectivity index (χ3v) is 3.15. The molecule has 6 nitrogen and oxygen atoms in total. The maximum Gasteiger partial charge on any atom is 0.315 e. The highest BCUT2D eigenvalue weighted by atomic mass is 16.6. The Morgan fingerprint density at radius 1 is 1.14 bits per heavy atom. The molecule has 6 heteroatoms. The number of rotatable bonds is 6. The van der Waals surface area contributed by atoms with E-state index in [2.05, 4.69) is 10.6 Å². The molecule has 0 radical (unpaired) electrons. The Hall–Kier alpha value is -2.76. The molecule has 0 aliphatic heterocycles. The standard InChI is InChI=1S/C15H17N3O3/c1-16-13-3-2-4-14(15(13)18(20)21)17-10-9-11-5-7-12(19)8-6-11/h2-8,16-17,19H,9-10H2,1H3. The van der Waals surface area contributed by atoms with Gasteiger partial charge in [0.1, 0.15) is 17.1 Å². The third kappa shape index (κ3) is 3.62. The van der Waals surface area contributed by atoms with E-state index in [4.69, 9.17) is 0 Å². The average molecular weight is 287 g/mol. The summed E-state index contributed by atoms with van der Waals surface area (Å²) in [6.07, 6.45) is 0.710. The summed E-state index contributed by atoms with van der Waals surface area (Å²) in [4.78, 5) is 10.8. The number of nitrogens with one attached hydrogen (secondary N) is 2. The van der Waals surface area contributed by atoms with Crippen LogP contribution in [0.5, 0.6) is 5.75 Å². The normalized spacial score (nSPS) is 10.1. The first-order chi connectivity index (χ1) is 10.1. The van der Waals surface area contributed by atoms with Crippen molar-refractivity contribution in [2.75, 3.05) is 24.2 Å². The molecule has 0 bridgehead atoms. The molecule has 0 fully saturated rings. The molecule has 110 valence electrons. The maximum absolute atomic E-state index is 11.2. The van der Waals surface area contributed by atoms with Gasteiger partial charge >= 0.3 is 5.69 Å². The van der Waals surface area contributed by atoms with Crippen molar-refractivity contribution in [2.24, 2.45) is 0 Å². The molecule has 2 rings (SSSR count). The van der Waals surface area contributed by atoms with Crippen LogP contribution in [-0.2, 0) is 6.42 Å². The van der Waals surface area contributed by atoms with Crippen molar-refractivity contribution in [3.05, 3.63) is 58.1 Å². The Morgan fingerprint density at radius 2 is 1.81 bits per heavy atom. The largest absolute Gasteiger partial charge is 0.508 e. The summed E-state index contributed by atoms with van der Waals surface area (Å²) in [5.41, 5.74) is 2.07. The van der Waals surface area contributed by atoms with E-state index in [1.54, 1.807) is 37.4 Å². The molecule has 21 heavy (non-hydrogen) atoms. The minimum atomic E-state index is -0.394. The van der Waals surface area contributed by atoms with Gasteiger partial charge in [-0.15, -0.1) is 0 Å². The first kappa shape index (κ1) is 14.6. The zero-order valence-corrected chi connectivity index (χ0v) is 11.7. The molecule has 2 aromatic carbocycles. The lowest BCUT2D eigenvalue weighted by Gasteiger charge is -2.10. The maximum atomic E-state index is 11.2. The minimum Gasteiger partial charge on any atom is -0.508 e. The van der Waals surface area contributed by atoms with Crippen LogP contribution < -0.4 is 10.6 Å². The van der Waals surface area contributed by atoms with Crippen LogP contribution >= 0.6 is 0 Å². The lowest BCUT2D eigenvalue weighted by molar-refractivity contribution is -0.383. The monoisotopic (exact) mass is 287 g/mol. The van der Waals surface area contributed by atoms with E-state index in [9.17, 15) is 15.2 Å². The van der Waals surface area contributed by atoms with Crippen molar-refractivity contribution in [1.82, 2.24) is 0 Å². The molecule has 0 saturated carbocycles. The second kappa shape index (κ2) is 6.60. The van der Waals surface area contributed by atoms with Gasteiger partial charge in [0.2, 0.25) is 0 Å². The number of hydrogen-bond acceptors (Lipinski definition) is 5. The van der Waals surface area contributed by atoms with Gasteiger partial charge in [0, 0.05) is 13.6 Å². The highest BCUT2D eigenvalue weighted by Gasteiger charge is 2.18. The summed E-state index contributed by atoms with van der Waals surface area (Å²) in [7, 11) is 1.66. The van der Waals surface area contributed by atoms with Gasteiger partial charge < -0.3 is 15.7 Å². The topological polar surface area (TPSA) is 87.4 Å². The smallest absolute Gasteiger partial charge is 0.315 e. The van der Waals surface area contributed by atoms with Crippen LogP contribution in [0.4, 0.5) is 17.1 Å². The Labute approximate surface area is 122 Å². The number of benzene rings is 2. The lowest BCUT2D eigenvalue weighted by Crippen LogP contribution is -2.08. The van der Waals surface area contributed by atoms with Crippen LogP contribution in [-0.4, -0.2) is 23.6 Å². The number of phenols is 1. The van der Waals surface area contributed by atoms with E-state index in [0.717, 1.165) is 5.56 Å². The van der Waals surface area contributed by atoms with Crippen LogP contribution in [0.2, 0.25) is 0 Å². The Kier molecular flexibility index (Phi) is 4.61. The molecule has 0 atom stereocenters. The fourth-order valence-electron chi connectivity index (χ4n) is 2.09. The van der Waals surface area contributed by atoms with Gasteiger partial charge in [-0.1, -0.05) is 18.2 Å². The van der Waals surface area contributed by atoms with Crippen LogP contribution in [0.1, 0.15) is 5.56 Å². The average Bonchev–Trinajstić information content (AvgIpc) is 2.48. The van der Waals surface area contributed by atoms with Crippen LogP contribution in [0.3, 0.4) is 0 Å². The van der Waals surface area contributed by atoms with E-state index in [1.807, 2.05) is 12.1 Å². The second-order valence-corrected chi connectivity index (χ2v) is 4.55. The number of nitro benzene ring substituents is 1. The predicted octanol–water partition coefficient (Wildman–Crippen LogP) is 3.00. The van der Waals surface area contributed by atoms with E-state index in [1.165, 1.54) is 0 Å². The molecule has 3 N–H and O–H groups in total. The first-order valence-corrected chi connectivity index (χ1v) is 6.58. The van der Waals surface area contributed by atoms with Gasteiger partial charge in [-0.25, -0.2) is 0 Å². The molecule has 0 saturated heterocycles. The molecule has 0 aromatic heterocycles. The quantitative estimate of drug-likeness (QED) is 0.561. The van der Waals surface area contributed by atoms with Crippen LogP contribution in [0.25, 0.3) is 0 Å². The van der Waals surface area contributed by atoms with Gasteiger partial charge in [0.25, 0.3) is 0 Å². The molecular formula is C15H17N3O3. The zero-order chi connectivity index (χ0) is 15.2. The Bertz CT molecular complexity index is 627. The van der Waals surface area contributed by atoms with Crippen LogP contribution in [0.15, 0.2) is 42.5 Å². The Morgan fingerprint density at radius 3 is 2.43 bits per heavy atom. The highest BCUT2D eigenvalue weighted by Crippen LogP contribution is 2.32. The van der Waals surface area contributed by atoms with Gasteiger partial charge in [-0.3, -0.25) is 10.1 Å². The number of nitro groups is 1. The fraction of sp³-hybridized carbons (Fsp3) is 0.200. The summed E-state index contributed by atoms with van der Waals surface area (Å²) in [5, 5.41) is 26.3. The van der Waals surface area contributed by atoms with E-state index in [-0.39, 0.29) is 11.4 Å². The van der Waals surface area contributed by atoms with Crippen molar-refractivity contribution in [3.63, 3.8) is 0 Å². The SMILES string of the molecule is CNc1cccc(NCCc2ccc(O)cc2)c1[N+](=O)[O-]. The van der Waals surface area contributed by atoms with Crippen molar-refractivity contribution in [2.45, 2.75) is 6.42 Å². The van der Waals surface area contributed by atoms with Gasteiger partial charge in [0.05, 0.1) is 4.92 Å². The van der Waals surface area contributed by atoms with E-state index < -0.39 is 4.92 Å². The molecule has 0 aliphatic carbocycles. The number of aromatic hydroxyl groups is 1. The van der Waals surface area contributed by atoms with E-state index in [0.29, 0.717) is 24.3 Å². The number of phenolic OH excluding ortho intramolecular Hbond substituents is 1. The van der Waals surface area contributed by atoms with Crippen molar-refractivity contribution in [3.8, 4) is 5.75 Å². The second-order valence-electron chi connectivity index (χ2n) is 4.55. The molecule has 0 heterocycles. The van der Waals surface area contributed by atoms with E-state index >= 15 is 0 Å². The lowest BCUT2D eigenvalue weighted by atomic mass is 10.1. The fourth-order valence-corrected chi connectivity index (χ4v) is 2.09. The summed E-state index contributed by atoms with van der Waals surface area (Å²) < 4.78 is 0. The van der Waals surface area contributed by atoms with Crippen molar-refractivity contribution < 1.29 is 10.0 Å². The number of nitrogens with zero attached hydrogens (tertiary/aromatic N) is 1. The summed E-state index contributed by atoms with van der Waals surface area (Å²) >= 11 is 0. The van der Waals surface area contributed by atoms with Crippen LogP contribution in [0, 0.1) is 10.1 Å². The first-order valence-electron chi connectivity index (χ1n) is 6.58. The molecule has 0 spiro atoms. The highest BCUT2D eigenvalue weighted by molar-refractivity contribution is 5.76. The molecule has 0 amide bonds. The zero-order valence-electron chi connectivity index (χ0n) is 11.7. The van der Waals surface area contributed by atoms with Gasteiger partial charge in [-0.2, -0.15) is 0 Å². The summed E-state index contributed by atoms with van der Waals surface area (Å²) in [6, 6.07) is 12.0. The minimum absolute atomic E-state index is 0.0470. The Balaban J connectivity index is 2.06.